The molecule has 1 aliphatic carbocycles. The van der Waals surface area contributed by atoms with Gasteiger partial charge in [-0.25, -0.2) is 0 Å². The minimum Gasteiger partial charge on any atom is -0.384 e. The van der Waals surface area contributed by atoms with Gasteiger partial charge in [-0.1, -0.05) is 13.3 Å². The Morgan fingerprint density at radius 3 is 2.67 bits per heavy atom. The molecule has 0 radical (unpaired) electrons. The average molecular weight is 191 g/mol. The molecule has 3 unspecified atom stereocenters. The maximum atomic E-state index is 6.11. The van der Waals surface area contributed by atoms with Crippen LogP contribution in [0.25, 0.3) is 0 Å². The third-order valence-corrected chi connectivity index (χ3v) is 3.38. The Labute approximate surface area is 80.4 Å². The first-order chi connectivity index (χ1) is 5.77. The van der Waals surface area contributed by atoms with Crippen LogP contribution in [-0.4, -0.2) is 19.1 Å². The smallest absolute Gasteiger partial charge is 0.0493 e. The van der Waals surface area contributed by atoms with Crippen molar-refractivity contribution in [2.24, 2.45) is 11.8 Å². The first kappa shape index (κ1) is 10.3. The van der Waals surface area contributed by atoms with Gasteiger partial charge in [-0.05, 0) is 31.1 Å². The highest BCUT2D eigenvalue weighted by molar-refractivity contribution is 6.20. The van der Waals surface area contributed by atoms with Crippen LogP contribution in [0.3, 0.4) is 0 Å². The number of hydrogen-bond donors (Lipinski definition) is 0. The van der Waals surface area contributed by atoms with Crippen LogP contribution >= 0.6 is 11.6 Å². The van der Waals surface area contributed by atoms with Crippen molar-refractivity contribution in [2.75, 3.05) is 13.7 Å². The van der Waals surface area contributed by atoms with Crippen LogP contribution in [0.1, 0.15) is 32.6 Å². The van der Waals surface area contributed by atoms with Gasteiger partial charge in [0.15, 0.2) is 0 Å². The molecule has 0 aromatic carbocycles. The van der Waals surface area contributed by atoms with Crippen LogP contribution < -0.4 is 0 Å². The van der Waals surface area contributed by atoms with Gasteiger partial charge >= 0.3 is 0 Å². The maximum absolute atomic E-state index is 6.11. The average Bonchev–Trinajstić information content (AvgIpc) is 2.05. The van der Waals surface area contributed by atoms with Crippen molar-refractivity contribution >= 4 is 11.6 Å². The second-order valence-corrected chi connectivity index (χ2v) is 4.41. The maximum Gasteiger partial charge on any atom is 0.0493 e. The lowest BCUT2D eigenvalue weighted by molar-refractivity contribution is 0.0936. The zero-order valence-electron chi connectivity index (χ0n) is 8.05. The highest BCUT2D eigenvalue weighted by atomic mass is 35.5. The van der Waals surface area contributed by atoms with E-state index in [0.29, 0.717) is 11.3 Å². The normalized spacial score (nSPS) is 36.8. The SMILES string of the molecule is CCC1CCC(Cl)CC1COC. The summed E-state index contributed by atoms with van der Waals surface area (Å²) in [5.74, 6) is 1.55. The number of rotatable bonds is 3. The summed E-state index contributed by atoms with van der Waals surface area (Å²) in [6.45, 7) is 3.16. The van der Waals surface area contributed by atoms with Gasteiger partial charge in [0.25, 0.3) is 0 Å². The molecule has 2 heteroatoms. The Hall–Kier alpha value is 0.250. The molecule has 1 aliphatic rings. The number of hydrogen-bond acceptors (Lipinski definition) is 1. The van der Waals surface area contributed by atoms with Gasteiger partial charge < -0.3 is 4.74 Å². The lowest BCUT2D eigenvalue weighted by Gasteiger charge is -2.32. The predicted octanol–water partition coefficient (Wildman–Crippen LogP) is 3.07. The number of halogens is 1. The van der Waals surface area contributed by atoms with Gasteiger partial charge in [-0.15, -0.1) is 11.6 Å². The summed E-state index contributed by atoms with van der Waals surface area (Å²) in [5.41, 5.74) is 0. The molecule has 0 saturated heterocycles. The van der Waals surface area contributed by atoms with E-state index in [2.05, 4.69) is 6.92 Å². The standard InChI is InChI=1S/C10H19ClO/c1-3-8-4-5-10(11)6-9(8)7-12-2/h8-10H,3-7H2,1-2H3. The van der Waals surface area contributed by atoms with Crippen molar-refractivity contribution in [2.45, 2.75) is 38.0 Å². The number of alkyl halides is 1. The second-order valence-electron chi connectivity index (χ2n) is 3.79. The molecule has 3 atom stereocenters. The summed E-state index contributed by atoms with van der Waals surface area (Å²) in [5, 5.41) is 0.396. The van der Waals surface area contributed by atoms with Gasteiger partial charge in [0.05, 0.1) is 0 Å². The summed E-state index contributed by atoms with van der Waals surface area (Å²) < 4.78 is 5.20. The monoisotopic (exact) mass is 190 g/mol. The van der Waals surface area contributed by atoms with E-state index in [1.165, 1.54) is 19.3 Å². The molecule has 72 valence electrons. The fraction of sp³-hybridized carbons (Fsp3) is 1.00. The van der Waals surface area contributed by atoms with E-state index in [-0.39, 0.29) is 0 Å². The van der Waals surface area contributed by atoms with E-state index in [1.54, 1.807) is 7.11 Å². The Morgan fingerprint density at radius 1 is 1.33 bits per heavy atom. The van der Waals surface area contributed by atoms with E-state index in [4.69, 9.17) is 16.3 Å². The molecule has 0 amide bonds. The highest BCUT2D eigenvalue weighted by Crippen LogP contribution is 2.34. The molecule has 0 N–H and O–H groups in total. The van der Waals surface area contributed by atoms with E-state index >= 15 is 0 Å². The van der Waals surface area contributed by atoms with Gasteiger partial charge in [0.2, 0.25) is 0 Å². The van der Waals surface area contributed by atoms with Crippen LogP contribution in [0.2, 0.25) is 0 Å². The molecule has 0 aliphatic heterocycles. The van der Waals surface area contributed by atoms with Crippen molar-refractivity contribution in [3.8, 4) is 0 Å². The first-order valence-electron chi connectivity index (χ1n) is 4.91. The largest absolute Gasteiger partial charge is 0.384 e. The molecule has 12 heavy (non-hydrogen) atoms. The first-order valence-corrected chi connectivity index (χ1v) is 5.34. The lowest BCUT2D eigenvalue weighted by Crippen LogP contribution is -2.28. The third-order valence-electron chi connectivity index (χ3n) is 2.98. The summed E-state index contributed by atoms with van der Waals surface area (Å²) in [6, 6.07) is 0. The minimum atomic E-state index is 0.396. The summed E-state index contributed by atoms with van der Waals surface area (Å²) in [4.78, 5) is 0. The second kappa shape index (κ2) is 5.08. The molecule has 0 bridgehead atoms. The fourth-order valence-corrected chi connectivity index (χ4v) is 2.58. The summed E-state index contributed by atoms with van der Waals surface area (Å²) in [7, 11) is 1.78. The topological polar surface area (TPSA) is 9.23 Å². The van der Waals surface area contributed by atoms with E-state index in [9.17, 15) is 0 Å². The zero-order valence-corrected chi connectivity index (χ0v) is 8.81. The van der Waals surface area contributed by atoms with E-state index < -0.39 is 0 Å². The Kier molecular flexibility index (Phi) is 4.38. The van der Waals surface area contributed by atoms with Crippen molar-refractivity contribution < 1.29 is 4.74 Å². The van der Waals surface area contributed by atoms with Crippen LogP contribution in [0.4, 0.5) is 0 Å². The van der Waals surface area contributed by atoms with Gasteiger partial charge in [-0.3, -0.25) is 0 Å². The molecule has 1 saturated carbocycles. The van der Waals surface area contributed by atoms with Gasteiger partial charge in [0, 0.05) is 19.1 Å². The van der Waals surface area contributed by atoms with Gasteiger partial charge in [0.1, 0.15) is 0 Å². The van der Waals surface area contributed by atoms with Crippen molar-refractivity contribution in [1.29, 1.82) is 0 Å². The Balaban J connectivity index is 2.40. The summed E-state index contributed by atoms with van der Waals surface area (Å²) in [6.07, 6.45) is 4.91. The van der Waals surface area contributed by atoms with Crippen LogP contribution in [0, 0.1) is 11.8 Å². The molecule has 1 rings (SSSR count). The van der Waals surface area contributed by atoms with E-state index in [1.807, 2.05) is 0 Å². The highest BCUT2D eigenvalue weighted by Gasteiger charge is 2.27. The van der Waals surface area contributed by atoms with Gasteiger partial charge in [-0.2, -0.15) is 0 Å². The quantitative estimate of drug-likeness (QED) is 0.622. The molecular formula is C10H19ClO. The molecule has 0 aromatic heterocycles. The predicted molar refractivity (Wildman–Crippen MR) is 52.6 cm³/mol. The van der Waals surface area contributed by atoms with E-state index in [0.717, 1.165) is 18.9 Å². The Bertz CT molecular complexity index is 127. The summed E-state index contributed by atoms with van der Waals surface area (Å²) >= 11 is 6.11. The lowest BCUT2D eigenvalue weighted by atomic mass is 9.78. The van der Waals surface area contributed by atoms with Crippen molar-refractivity contribution in [3.63, 3.8) is 0 Å². The molecule has 0 aromatic rings. The molecule has 0 heterocycles. The molecule has 1 fully saturated rings. The van der Waals surface area contributed by atoms with Crippen LogP contribution in [0.5, 0.6) is 0 Å². The van der Waals surface area contributed by atoms with Crippen LogP contribution in [-0.2, 0) is 4.74 Å². The third kappa shape index (κ3) is 2.63. The molecule has 1 nitrogen and oxygen atoms in total. The molecular weight excluding hydrogens is 172 g/mol. The zero-order chi connectivity index (χ0) is 8.97. The van der Waals surface area contributed by atoms with Crippen molar-refractivity contribution in [3.05, 3.63) is 0 Å². The molecule has 0 spiro atoms. The minimum absolute atomic E-state index is 0.396. The van der Waals surface area contributed by atoms with Crippen LogP contribution in [0.15, 0.2) is 0 Å². The number of methoxy groups -OCH3 is 1. The fourth-order valence-electron chi connectivity index (χ4n) is 2.23. The Morgan fingerprint density at radius 2 is 2.08 bits per heavy atom. The number of ether oxygens (including phenoxy) is 1. The van der Waals surface area contributed by atoms with Crippen molar-refractivity contribution in [1.82, 2.24) is 0 Å².